The number of benzene rings is 3. The molecule has 186 valence electrons. The molecule has 0 spiro atoms. The quantitative estimate of drug-likeness (QED) is 0.394. The number of aromatic nitrogens is 5. The number of para-hydroxylation sites is 2. The Kier molecular flexibility index (Phi) is 6.02. The van der Waals surface area contributed by atoms with Crippen molar-refractivity contribution >= 4 is 11.0 Å². The van der Waals surface area contributed by atoms with Gasteiger partial charge in [0, 0.05) is 31.3 Å². The van der Waals surface area contributed by atoms with Gasteiger partial charge in [-0.2, -0.15) is 10.1 Å². The Balaban J connectivity index is 1.31. The van der Waals surface area contributed by atoms with Crippen molar-refractivity contribution in [3.8, 4) is 22.5 Å². The number of aryl methyl sites for hydroxylation is 1. The fourth-order valence-corrected chi connectivity index (χ4v) is 5.28. The predicted molar refractivity (Wildman–Crippen MR) is 144 cm³/mol. The maximum absolute atomic E-state index is 12.9. The number of hydrogen-bond acceptors (Lipinski definition) is 5. The van der Waals surface area contributed by atoms with Gasteiger partial charge in [0.15, 0.2) is 0 Å². The van der Waals surface area contributed by atoms with Crippen molar-refractivity contribution < 1.29 is 0 Å². The van der Waals surface area contributed by atoms with Gasteiger partial charge in [0.2, 0.25) is 0 Å². The first-order valence-electron chi connectivity index (χ1n) is 12.6. The van der Waals surface area contributed by atoms with Crippen molar-refractivity contribution in [2.24, 2.45) is 7.05 Å². The fourth-order valence-electron chi connectivity index (χ4n) is 5.28. The highest BCUT2D eigenvalue weighted by atomic mass is 16.2. The number of piperidine rings is 1. The first-order chi connectivity index (χ1) is 18.1. The molecule has 0 aliphatic carbocycles. The average Bonchev–Trinajstić information content (AvgIpc) is 3.27. The van der Waals surface area contributed by atoms with E-state index in [-0.39, 0.29) is 17.5 Å². The summed E-state index contributed by atoms with van der Waals surface area (Å²) in [5, 5.41) is 4.50. The van der Waals surface area contributed by atoms with Crippen LogP contribution in [-0.4, -0.2) is 35.8 Å². The number of nitrogens with zero attached hydrogens (tertiary/aromatic N) is 5. The van der Waals surface area contributed by atoms with E-state index < -0.39 is 0 Å². The van der Waals surface area contributed by atoms with Crippen LogP contribution < -0.4 is 11.4 Å². The van der Waals surface area contributed by atoms with Crippen LogP contribution in [0.25, 0.3) is 33.5 Å². The summed E-state index contributed by atoms with van der Waals surface area (Å²) in [6.45, 7) is 1.65. The van der Waals surface area contributed by atoms with E-state index in [0.717, 1.165) is 60.1 Å². The predicted octanol–water partition coefficient (Wildman–Crippen LogP) is 4.34. The molecular weight excluding hydrogens is 464 g/mol. The molecule has 0 saturated carbocycles. The van der Waals surface area contributed by atoms with Crippen LogP contribution in [0.15, 0.2) is 88.5 Å². The van der Waals surface area contributed by atoms with Crippen molar-refractivity contribution in [2.75, 3.05) is 6.54 Å². The van der Waals surface area contributed by atoms with Crippen LogP contribution in [-0.2, 0) is 13.6 Å². The zero-order valence-electron chi connectivity index (χ0n) is 20.7. The molecule has 3 heterocycles. The van der Waals surface area contributed by atoms with E-state index in [1.54, 1.807) is 7.05 Å². The molecule has 8 nitrogen and oxygen atoms in total. The van der Waals surface area contributed by atoms with E-state index in [4.69, 9.17) is 0 Å². The first-order valence-corrected chi connectivity index (χ1v) is 12.6. The number of nitrogens with one attached hydrogen (secondary N) is 1. The molecule has 5 aromatic rings. The summed E-state index contributed by atoms with van der Waals surface area (Å²) in [4.78, 5) is 35.0. The lowest BCUT2D eigenvalue weighted by Crippen LogP contribution is -2.39. The molecule has 6 rings (SSSR count). The zero-order valence-corrected chi connectivity index (χ0v) is 20.7. The number of rotatable bonds is 5. The molecule has 0 bridgehead atoms. The fraction of sp³-hybridized carbons (Fsp3) is 0.241. The minimum atomic E-state index is -0.390. The molecule has 8 heteroatoms. The number of hydrogen-bond donors (Lipinski definition) is 1. The van der Waals surface area contributed by atoms with Gasteiger partial charge in [0.1, 0.15) is 11.4 Å². The third kappa shape index (κ3) is 4.40. The Bertz CT molecular complexity index is 1670. The Morgan fingerprint density at radius 2 is 1.59 bits per heavy atom. The molecule has 1 aliphatic heterocycles. The van der Waals surface area contributed by atoms with Crippen LogP contribution in [0.5, 0.6) is 0 Å². The summed E-state index contributed by atoms with van der Waals surface area (Å²) in [6, 6.07) is 25.8. The van der Waals surface area contributed by atoms with E-state index in [1.807, 2.05) is 71.3 Å². The van der Waals surface area contributed by atoms with Crippen LogP contribution in [0.3, 0.4) is 0 Å². The molecule has 0 radical (unpaired) electrons. The normalized spacial score (nSPS) is 16.3. The molecule has 0 amide bonds. The van der Waals surface area contributed by atoms with Gasteiger partial charge in [-0.1, -0.05) is 66.7 Å². The standard InChI is InChI=1S/C29H28N6O2/c1-33-28(36)31-26(27(32-33)21-9-3-2-4-10-21)22-16-14-20(15-17-22)19-34-18-8-7-13-25(34)35-24-12-6-5-11-23(24)30-29(35)37/h2-6,9-12,14-17,25H,7-8,13,18-19H2,1H3,(H,30,37). The van der Waals surface area contributed by atoms with E-state index in [0.29, 0.717) is 11.4 Å². The number of H-pyrrole nitrogens is 1. The molecule has 1 saturated heterocycles. The molecule has 2 aromatic heterocycles. The highest BCUT2D eigenvalue weighted by molar-refractivity contribution is 5.77. The Morgan fingerprint density at radius 1 is 0.865 bits per heavy atom. The van der Waals surface area contributed by atoms with Crippen molar-refractivity contribution in [3.63, 3.8) is 0 Å². The number of aromatic amines is 1. The van der Waals surface area contributed by atoms with Gasteiger partial charge < -0.3 is 4.98 Å². The van der Waals surface area contributed by atoms with Crippen LogP contribution in [0.1, 0.15) is 31.0 Å². The van der Waals surface area contributed by atoms with Gasteiger partial charge in [-0.25, -0.2) is 14.3 Å². The Morgan fingerprint density at radius 3 is 2.41 bits per heavy atom. The minimum Gasteiger partial charge on any atom is -0.305 e. The summed E-state index contributed by atoms with van der Waals surface area (Å²) in [5.41, 5.74) is 5.49. The van der Waals surface area contributed by atoms with Gasteiger partial charge in [-0.3, -0.25) is 9.47 Å². The number of imidazole rings is 1. The average molecular weight is 493 g/mol. The Labute approximate surface area is 213 Å². The zero-order chi connectivity index (χ0) is 25.4. The van der Waals surface area contributed by atoms with Crippen molar-refractivity contribution in [1.29, 1.82) is 0 Å². The van der Waals surface area contributed by atoms with Crippen LogP contribution >= 0.6 is 0 Å². The molecular formula is C29H28N6O2. The summed E-state index contributed by atoms with van der Waals surface area (Å²) in [6.07, 6.45) is 3.14. The van der Waals surface area contributed by atoms with E-state index in [9.17, 15) is 9.59 Å². The lowest BCUT2D eigenvalue weighted by atomic mass is 10.0. The molecule has 1 atom stereocenters. The van der Waals surface area contributed by atoms with Gasteiger partial charge in [-0.05, 0) is 37.0 Å². The second-order valence-corrected chi connectivity index (χ2v) is 9.54. The highest BCUT2D eigenvalue weighted by Crippen LogP contribution is 2.31. The topological polar surface area (TPSA) is 88.8 Å². The first kappa shape index (κ1) is 23.1. The summed E-state index contributed by atoms with van der Waals surface area (Å²) in [5.74, 6) is 0. The van der Waals surface area contributed by atoms with E-state index in [1.165, 1.54) is 4.68 Å². The molecule has 1 unspecified atom stereocenters. The summed E-state index contributed by atoms with van der Waals surface area (Å²) < 4.78 is 3.17. The van der Waals surface area contributed by atoms with E-state index >= 15 is 0 Å². The lowest BCUT2D eigenvalue weighted by Gasteiger charge is -2.36. The van der Waals surface area contributed by atoms with Crippen LogP contribution in [0.4, 0.5) is 0 Å². The third-order valence-corrected chi connectivity index (χ3v) is 7.12. The summed E-state index contributed by atoms with van der Waals surface area (Å²) in [7, 11) is 1.61. The lowest BCUT2D eigenvalue weighted by molar-refractivity contribution is 0.0881. The third-order valence-electron chi connectivity index (χ3n) is 7.12. The number of fused-ring (bicyclic) bond motifs is 1. The van der Waals surface area contributed by atoms with E-state index in [2.05, 4.69) is 32.1 Å². The largest absolute Gasteiger partial charge is 0.364 e. The second-order valence-electron chi connectivity index (χ2n) is 9.54. The SMILES string of the molecule is Cn1nc(-c2ccccc2)c(-c2ccc(CN3CCCCC3n3c(=O)[nH]c4ccccc43)cc2)nc1=O. The molecule has 3 aromatic carbocycles. The highest BCUT2D eigenvalue weighted by Gasteiger charge is 2.27. The smallest absolute Gasteiger partial charge is 0.305 e. The van der Waals surface area contributed by atoms with Crippen LogP contribution in [0.2, 0.25) is 0 Å². The van der Waals surface area contributed by atoms with Gasteiger partial charge in [0.25, 0.3) is 0 Å². The Hall–Kier alpha value is -4.30. The summed E-state index contributed by atoms with van der Waals surface area (Å²) >= 11 is 0. The monoisotopic (exact) mass is 492 g/mol. The minimum absolute atomic E-state index is 0.00442. The molecule has 1 fully saturated rings. The number of likely N-dealkylation sites (tertiary alicyclic amines) is 1. The van der Waals surface area contributed by atoms with Crippen molar-refractivity contribution in [2.45, 2.75) is 32.0 Å². The van der Waals surface area contributed by atoms with Gasteiger partial charge in [0.05, 0.1) is 17.2 Å². The van der Waals surface area contributed by atoms with Crippen LogP contribution in [0, 0.1) is 0 Å². The van der Waals surface area contributed by atoms with Crippen molar-refractivity contribution in [3.05, 3.63) is 105 Å². The second kappa shape index (κ2) is 9.63. The maximum Gasteiger partial charge on any atom is 0.364 e. The van der Waals surface area contributed by atoms with Crippen molar-refractivity contribution in [1.82, 2.24) is 29.2 Å². The molecule has 1 aliphatic rings. The van der Waals surface area contributed by atoms with Gasteiger partial charge in [-0.15, -0.1) is 0 Å². The molecule has 1 N–H and O–H groups in total. The molecule has 37 heavy (non-hydrogen) atoms. The van der Waals surface area contributed by atoms with Gasteiger partial charge >= 0.3 is 11.4 Å². The maximum atomic E-state index is 12.9.